The maximum absolute atomic E-state index is 12.1. The summed E-state index contributed by atoms with van der Waals surface area (Å²) in [6, 6.07) is 5.82. The molecule has 1 aromatic heterocycles. The van der Waals surface area contributed by atoms with Crippen LogP contribution in [0.25, 0.3) is 10.2 Å². The maximum Gasteiger partial charge on any atom is 0.410 e. The van der Waals surface area contributed by atoms with Gasteiger partial charge in [-0.3, -0.25) is 0 Å². The van der Waals surface area contributed by atoms with Crippen LogP contribution < -0.4 is 0 Å². The number of benzene rings is 1. The molecule has 7 heteroatoms. The summed E-state index contributed by atoms with van der Waals surface area (Å²) in [7, 11) is 0. The van der Waals surface area contributed by atoms with E-state index in [1.165, 1.54) is 0 Å². The Morgan fingerprint density at radius 1 is 1.38 bits per heavy atom. The molecule has 0 N–H and O–H groups in total. The van der Waals surface area contributed by atoms with Crippen LogP contribution in [0.2, 0.25) is 5.02 Å². The number of nitrogens with zero attached hydrogens (tertiary/aromatic N) is 2. The van der Waals surface area contributed by atoms with Gasteiger partial charge in [0, 0.05) is 23.4 Å². The van der Waals surface area contributed by atoms with Gasteiger partial charge in [0.25, 0.3) is 0 Å². The van der Waals surface area contributed by atoms with Crippen LogP contribution in [0.1, 0.15) is 33.6 Å². The van der Waals surface area contributed by atoms with Crippen molar-refractivity contribution < 1.29 is 9.53 Å². The van der Waals surface area contributed by atoms with Gasteiger partial charge in [-0.05, 0) is 51.8 Å². The predicted molar refractivity (Wildman–Crippen MR) is 101 cm³/mol. The van der Waals surface area contributed by atoms with Gasteiger partial charge in [0.15, 0.2) is 4.34 Å². The van der Waals surface area contributed by atoms with Gasteiger partial charge >= 0.3 is 6.09 Å². The van der Waals surface area contributed by atoms with E-state index in [0.717, 1.165) is 45.5 Å². The highest BCUT2D eigenvalue weighted by molar-refractivity contribution is 8.01. The number of piperidine rings is 1. The minimum atomic E-state index is -0.440. The minimum Gasteiger partial charge on any atom is -0.444 e. The van der Waals surface area contributed by atoms with Crippen LogP contribution in [0, 0.1) is 0 Å². The van der Waals surface area contributed by atoms with Crippen molar-refractivity contribution in [3.8, 4) is 0 Å². The number of likely N-dealkylation sites (tertiary alicyclic amines) is 1. The summed E-state index contributed by atoms with van der Waals surface area (Å²) < 4.78 is 7.67. The molecule has 1 fully saturated rings. The predicted octanol–water partition coefficient (Wildman–Crippen LogP) is 5.44. The Labute approximate surface area is 155 Å². The van der Waals surface area contributed by atoms with E-state index < -0.39 is 5.60 Å². The van der Waals surface area contributed by atoms with Crippen LogP contribution in [0.3, 0.4) is 0 Å². The molecule has 0 atom stereocenters. The first-order valence-corrected chi connectivity index (χ1v) is 10.1. The lowest BCUT2D eigenvalue weighted by molar-refractivity contribution is 0.0219. The van der Waals surface area contributed by atoms with Gasteiger partial charge in [0.1, 0.15) is 5.60 Å². The van der Waals surface area contributed by atoms with Crippen molar-refractivity contribution in [2.75, 3.05) is 13.1 Å². The summed E-state index contributed by atoms with van der Waals surface area (Å²) in [5.41, 5.74) is 0.520. The molecular weight excluding hydrogens is 364 g/mol. The molecule has 2 aromatic rings. The quantitative estimate of drug-likeness (QED) is 0.691. The molecule has 0 aliphatic carbocycles. The lowest BCUT2D eigenvalue weighted by Crippen LogP contribution is -2.42. The number of thiazole rings is 1. The number of amides is 1. The van der Waals surface area contributed by atoms with Crippen molar-refractivity contribution >= 4 is 51.0 Å². The van der Waals surface area contributed by atoms with Gasteiger partial charge in [0.05, 0.1) is 10.2 Å². The van der Waals surface area contributed by atoms with Gasteiger partial charge in [0.2, 0.25) is 0 Å². The molecule has 2 heterocycles. The molecule has 1 amide bonds. The largest absolute Gasteiger partial charge is 0.444 e. The normalized spacial score (nSPS) is 16.6. The van der Waals surface area contributed by atoms with Crippen molar-refractivity contribution in [2.45, 2.75) is 48.8 Å². The number of ether oxygens (including phenoxy) is 1. The van der Waals surface area contributed by atoms with Crippen LogP contribution in [0.4, 0.5) is 4.79 Å². The second-order valence-electron chi connectivity index (χ2n) is 6.88. The number of hydrogen-bond donors (Lipinski definition) is 0. The van der Waals surface area contributed by atoms with Gasteiger partial charge < -0.3 is 9.64 Å². The number of thioether (sulfide) groups is 1. The molecule has 3 rings (SSSR count). The van der Waals surface area contributed by atoms with Crippen LogP contribution in [-0.4, -0.2) is 39.9 Å². The van der Waals surface area contributed by atoms with Crippen molar-refractivity contribution in [1.29, 1.82) is 0 Å². The lowest BCUT2D eigenvalue weighted by Gasteiger charge is -2.32. The highest BCUT2D eigenvalue weighted by Crippen LogP contribution is 2.36. The van der Waals surface area contributed by atoms with Gasteiger partial charge in [-0.15, -0.1) is 11.3 Å². The van der Waals surface area contributed by atoms with Crippen molar-refractivity contribution in [2.24, 2.45) is 0 Å². The molecule has 1 saturated heterocycles. The summed E-state index contributed by atoms with van der Waals surface area (Å²) in [5.74, 6) is 0. The number of carbonyl (C=O) groups is 1. The van der Waals surface area contributed by atoms with Crippen molar-refractivity contribution in [1.82, 2.24) is 9.88 Å². The number of rotatable bonds is 2. The fraction of sp³-hybridized carbons (Fsp3) is 0.529. The summed E-state index contributed by atoms with van der Waals surface area (Å²) in [4.78, 5) is 18.6. The van der Waals surface area contributed by atoms with Crippen LogP contribution >= 0.6 is 34.7 Å². The zero-order valence-corrected chi connectivity index (χ0v) is 16.4. The number of halogens is 1. The highest BCUT2D eigenvalue weighted by Gasteiger charge is 2.27. The van der Waals surface area contributed by atoms with E-state index in [9.17, 15) is 4.79 Å². The fourth-order valence-electron chi connectivity index (χ4n) is 2.56. The summed E-state index contributed by atoms with van der Waals surface area (Å²) in [6.07, 6.45) is 1.71. The third-order valence-corrected chi connectivity index (χ3v) is 6.39. The Kier molecular flexibility index (Phi) is 5.27. The van der Waals surface area contributed by atoms with E-state index in [2.05, 4.69) is 4.98 Å². The summed E-state index contributed by atoms with van der Waals surface area (Å²) in [6.45, 7) is 7.17. The Hall–Kier alpha value is -0.980. The fourth-order valence-corrected chi connectivity index (χ4v) is 5.15. The molecule has 130 valence electrons. The smallest absolute Gasteiger partial charge is 0.410 e. The topological polar surface area (TPSA) is 42.4 Å². The van der Waals surface area contributed by atoms with Gasteiger partial charge in [-0.1, -0.05) is 23.4 Å². The van der Waals surface area contributed by atoms with E-state index in [1.54, 1.807) is 16.2 Å². The van der Waals surface area contributed by atoms with Crippen LogP contribution in [0.15, 0.2) is 22.5 Å². The zero-order chi connectivity index (χ0) is 17.3. The van der Waals surface area contributed by atoms with E-state index in [1.807, 2.05) is 50.7 Å². The van der Waals surface area contributed by atoms with Crippen molar-refractivity contribution in [3.05, 3.63) is 23.2 Å². The number of fused-ring (bicyclic) bond motifs is 1. The van der Waals surface area contributed by atoms with Gasteiger partial charge in [-0.25, -0.2) is 9.78 Å². The minimum absolute atomic E-state index is 0.208. The van der Waals surface area contributed by atoms with E-state index in [-0.39, 0.29) is 6.09 Å². The number of aromatic nitrogens is 1. The Bertz CT molecular complexity index is 734. The van der Waals surface area contributed by atoms with Crippen molar-refractivity contribution in [3.63, 3.8) is 0 Å². The molecule has 0 radical (unpaired) electrons. The molecule has 0 spiro atoms. The average molecular weight is 385 g/mol. The third-order valence-electron chi connectivity index (χ3n) is 3.69. The molecule has 1 aromatic carbocycles. The average Bonchev–Trinajstić information content (AvgIpc) is 2.87. The summed E-state index contributed by atoms with van der Waals surface area (Å²) in [5, 5.41) is 1.20. The lowest BCUT2D eigenvalue weighted by atomic mass is 10.1. The molecule has 0 unspecified atom stereocenters. The van der Waals surface area contributed by atoms with E-state index in [4.69, 9.17) is 16.3 Å². The number of hydrogen-bond acceptors (Lipinski definition) is 5. The Morgan fingerprint density at radius 3 is 2.75 bits per heavy atom. The third kappa shape index (κ3) is 4.55. The van der Waals surface area contributed by atoms with Gasteiger partial charge in [-0.2, -0.15) is 0 Å². The highest BCUT2D eigenvalue weighted by atomic mass is 35.5. The molecule has 24 heavy (non-hydrogen) atoms. The van der Waals surface area contributed by atoms with Crippen LogP contribution in [-0.2, 0) is 4.74 Å². The molecule has 1 aliphatic heterocycles. The monoisotopic (exact) mass is 384 g/mol. The maximum atomic E-state index is 12.1. The standard InChI is InChI=1S/C17H21ClN2O2S2/c1-17(2,3)22-16(21)20-8-6-12(7-9-20)23-15-19-13-10-11(18)4-5-14(13)24-15/h4-5,10,12H,6-9H2,1-3H3. The second kappa shape index (κ2) is 7.10. The van der Waals surface area contributed by atoms with E-state index in [0.29, 0.717) is 5.25 Å². The second-order valence-corrected chi connectivity index (χ2v) is 9.89. The first kappa shape index (κ1) is 17.8. The first-order valence-electron chi connectivity index (χ1n) is 8.01. The summed E-state index contributed by atoms with van der Waals surface area (Å²) >= 11 is 9.53. The SMILES string of the molecule is CC(C)(C)OC(=O)N1CCC(Sc2nc3cc(Cl)ccc3s2)CC1. The van der Waals surface area contributed by atoms with Crippen LogP contribution in [0.5, 0.6) is 0 Å². The molecule has 0 saturated carbocycles. The Balaban J connectivity index is 1.55. The molecule has 4 nitrogen and oxygen atoms in total. The molecule has 0 bridgehead atoms. The molecular formula is C17H21ClN2O2S2. The first-order chi connectivity index (χ1) is 11.3. The molecule has 1 aliphatic rings. The Morgan fingerprint density at radius 2 is 2.08 bits per heavy atom. The number of carbonyl (C=O) groups excluding carboxylic acids is 1. The van der Waals surface area contributed by atoms with E-state index >= 15 is 0 Å². The zero-order valence-electron chi connectivity index (χ0n) is 14.0.